The maximum absolute atomic E-state index is 11.1. The van der Waals surface area contributed by atoms with Gasteiger partial charge in [-0.3, -0.25) is 5.43 Å². The van der Waals surface area contributed by atoms with Crippen LogP contribution in [0, 0.1) is 6.92 Å². The van der Waals surface area contributed by atoms with Crippen molar-refractivity contribution in [2.75, 3.05) is 5.43 Å². The molecule has 1 aromatic heterocycles. The zero-order valence-electron chi connectivity index (χ0n) is 12.1. The number of anilines is 1. The molecule has 0 saturated heterocycles. The Morgan fingerprint density at radius 3 is 2.90 bits per heavy atom. The highest BCUT2D eigenvalue weighted by molar-refractivity contribution is 5.83. The zero-order valence-corrected chi connectivity index (χ0v) is 12.1. The summed E-state index contributed by atoms with van der Waals surface area (Å²) < 4.78 is 5.69. The number of benzene rings is 1. The van der Waals surface area contributed by atoms with Crippen LogP contribution in [-0.4, -0.2) is 27.5 Å². The standard InChI is InChI=1S/C14H17N5O2/c1-9(2)21-12-7-5-4-6-11(12)8-15-18-13-10(3)17-19-14(20)16-13/h4-9H,1-3H3,(H2,16,18,19,20). The summed E-state index contributed by atoms with van der Waals surface area (Å²) in [6, 6.07) is 7.56. The second-order valence-corrected chi connectivity index (χ2v) is 4.65. The molecule has 0 radical (unpaired) electrons. The monoisotopic (exact) mass is 287 g/mol. The molecule has 0 amide bonds. The summed E-state index contributed by atoms with van der Waals surface area (Å²) in [7, 11) is 0. The summed E-state index contributed by atoms with van der Waals surface area (Å²) in [6.07, 6.45) is 1.69. The number of aryl methyl sites for hydroxylation is 1. The highest BCUT2D eigenvalue weighted by atomic mass is 16.5. The molecule has 21 heavy (non-hydrogen) atoms. The van der Waals surface area contributed by atoms with Crippen LogP contribution in [0.25, 0.3) is 0 Å². The number of hydrogen-bond donors (Lipinski definition) is 2. The van der Waals surface area contributed by atoms with Gasteiger partial charge in [-0.05, 0) is 32.9 Å². The molecular formula is C14H17N5O2. The second kappa shape index (κ2) is 6.65. The highest BCUT2D eigenvalue weighted by Gasteiger charge is 2.03. The number of aromatic nitrogens is 3. The van der Waals surface area contributed by atoms with Crippen LogP contribution in [-0.2, 0) is 0 Å². The molecule has 2 N–H and O–H groups in total. The van der Waals surface area contributed by atoms with E-state index in [2.05, 4.69) is 25.7 Å². The molecule has 1 aromatic carbocycles. The molecule has 0 spiro atoms. The molecule has 0 unspecified atom stereocenters. The third kappa shape index (κ3) is 4.13. The van der Waals surface area contributed by atoms with Crippen LogP contribution in [0.2, 0.25) is 0 Å². The summed E-state index contributed by atoms with van der Waals surface area (Å²) in [5, 5.41) is 10.1. The van der Waals surface area contributed by atoms with E-state index in [1.165, 1.54) is 0 Å². The van der Waals surface area contributed by atoms with Gasteiger partial charge in [0.15, 0.2) is 5.82 Å². The summed E-state index contributed by atoms with van der Waals surface area (Å²) in [5.74, 6) is 1.06. The molecule has 0 aliphatic rings. The summed E-state index contributed by atoms with van der Waals surface area (Å²) in [6.45, 7) is 5.64. The first-order valence-electron chi connectivity index (χ1n) is 6.54. The van der Waals surface area contributed by atoms with E-state index in [0.717, 1.165) is 11.3 Å². The number of H-pyrrole nitrogens is 1. The van der Waals surface area contributed by atoms with E-state index in [4.69, 9.17) is 4.74 Å². The zero-order chi connectivity index (χ0) is 15.2. The van der Waals surface area contributed by atoms with Crippen LogP contribution >= 0.6 is 0 Å². The smallest absolute Gasteiger partial charge is 0.363 e. The molecule has 0 aliphatic carbocycles. The largest absolute Gasteiger partial charge is 0.490 e. The number of hydrazone groups is 1. The van der Waals surface area contributed by atoms with E-state index in [0.29, 0.717) is 11.5 Å². The molecule has 2 aromatic rings. The van der Waals surface area contributed by atoms with Crippen molar-refractivity contribution in [2.45, 2.75) is 26.9 Å². The Balaban J connectivity index is 2.14. The molecular weight excluding hydrogens is 270 g/mol. The fraction of sp³-hybridized carbons (Fsp3) is 0.286. The van der Waals surface area contributed by atoms with Gasteiger partial charge >= 0.3 is 5.69 Å². The van der Waals surface area contributed by atoms with Gasteiger partial charge in [0.1, 0.15) is 11.4 Å². The fourth-order valence-electron chi connectivity index (χ4n) is 1.61. The molecule has 7 nitrogen and oxygen atoms in total. The van der Waals surface area contributed by atoms with E-state index < -0.39 is 5.69 Å². The molecule has 1 heterocycles. The van der Waals surface area contributed by atoms with Crippen molar-refractivity contribution in [2.24, 2.45) is 5.10 Å². The number of para-hydroxylation sites is 1. The summed E-state index contributed by atoms with van der Waals surface area (Å²) in [5.41, 5.74) is 3.56. The Hall–Kier alpha value is -2.70. The van der Waals surface area contributed by atoms with Gasteiger partial charge in [0, 0.05) is 5.56 Å². The molecule has 0 atom stereocenters. The van der Waals surface area contributed by atoms with Crippen LogP contribution in [0.15, 0.2) is 34.2 Å². The van der Waals surface area contributed by atoms with Gasteiger partial charge in [0.2, 0.25) is 0 Å². The molecule has 0 aliphatic heterocycles. The lowest BCUT2D eigenvalue weighted by atomic mass is 10.2. The Morgan fingerprint density at radius 2 is 2.14 bits per heavy atom. The van der Waals surface area contributed by atoms with Crippen molar-refractivity contribution < 1.29 is 4.74 Å². The molecule has 0 bridgehead atoms. The summed E-state index contributed by atoms with van der Waals surface area (Å²) in [4.78, 5) is 14.9. The second-order valence-electron chi connectivity index (χ2n) is 4.65. The topological polar surface area (TPSA) is 92.3 Å². The minimum absolute atomic E-state index is 0.0771. The Morgan fingerprint density at radius 1 is 1.38 bits per heavy atom. The van der Waals surface area contributed by atoms with Gasteiger partial charge in [0.05, 0.1) is 12.3 Å². The van der Waals surface area contributed by atoms with Crippen LogP contribution in [0.5, 0.6) is 5.75 Å². The maximum Gasteiger partial charge on any atom is 0.363 e. The predicted molar refractivity (Wildman–Crippen MR) is 80.8 cm³/mol. The number of nitrogens with zero attached hydrogens (tertiary/aromatic N) is 3. The molecule has 0 fully saturated rings. The maximum atomic E-state index is 11.1. The predicted octanol–water partition coefficient (Wildman–Crippen LogP) is 1.71. The van der Waals surface area contributed by atoms with Crippen LogP contribution < -0.4 is 15.9 Å². The van der Waals surface area contributed by atoms with E-state index in [1.54, 1.807) is 13.1 Å². The SMILES string of the molecule is Cc1n[nH]c(=O)nc1NN=Cc1ccccc1OC(C)C. The number of nitrogens with one attached hydrogen (secondary N) is 2. The van der Waals surface area contributed by atoms with Crippen LogP contribution in [0.4, 0.5) is 5.82 Å². The van der Waals surface area contributed by atoms with Crippen LogP contribution in [0.1, 0.15) is 25.1 Å². The average molecular weight is 287 g/mol. The molecule has 110 valence electrons. The number of ether oxygens (including phenoxy) is 1. The van der Waals surface area contributed by atoms with Crippen molar-refractivity contribution in [3.63, 3.8) is 0 Å². The van der Waals surface area contributed by atoms with Gasteiger partial charge < -0.3 is 4.74 Å². The lowest BCUT2D eigenvalue weighted by Gasteiger charge is -2.11. The molecule has 0 saturated carbocycles. The Kier molecular flexibility index (Phi) is 4.65. The lowest BCUT2D eigenvalue weighted by molar-refractivity contribution is 0.242. The van der Waals surface area contributed by atoms with Gasteiger partial charge in [-0.1, -0.05) is 12.1 Å². The molecule has 7 heteroatoms. The van der Waals surface area contributed by atoms with Crippen LogP contribution in [0.3, 0.4) is 0 Å². The van der Waals surface area contributed by atoms with E-state index in [-0.39, 0.29) is 6.10 Å². The van der Waals surface area contributed by atoms with Crippen molar-refractivity contribution in [1.82, 2.24) is 15.2 Å². The van der Waals surface area contributed by atoms with Gasteiger partial charge in [-0.15, -0.1) is 0 Å². The van der Waals surface area contributed by atoms with Gasteiger partial charge in [-0.2, -0.15) is 15.2 Å². The first kappa shape index (κ1) is 14.7. The summed E-state index contributed by atoms with van der Waals surface area (Å²) >= 11 is 0. The highest BCUT2D eigenvalue weighted by Crippen LogP contribution is 2.17. The first-order chi connectivity index (χ1) is 10.1. The normalized spacial score (nSPS) is 11.0. The first-order valence-corrected chi connectivity index (χ1v) is 6.54. The number of rotatable bonds is 5. The minimum atomic E-state index is -0.526. The Bertz CT molecular complexity index is 694. The van der Waals surface area contributed by atoms with E-state index >= 15 is 0 Å². The quantitative estimate of drug-likeness (QED) is 0.645. The third-order valence-electron chi connectivity index (χ3n) is 2.53. The van der Waals surface area contributed by atoms with Gasteiger partial charge in [-0.25, -0.2) is 9.89 Å². The molecule has 2 rings (SSSR count). The van der Waals surface area contributed by atoms with Crippen molar-refractivity contribution >= 4 is 12.0 Å². The fourth-order valence-corrected chi connectivity index (χ4v) is 1.61. The van der Waals surface area contributed by atoms with Crippen molar-refractivity contribution in [1.29, 1.82) is 0 Å². The average Bonchev–Trinajstić information content (AvgIpc) is 2.44. The minimum Gasteiger partial charge on any atom is -0.490 e. The number of aromatic amines is 1. The Labute approximate surface area is 122 Å². The lowest BCUT2D eigenvalue weighted by Crippen LogP contribution is -2.15. The van der Waals surface area contributed by atoms with Crippen molar-refractivity contribution in [3.05, 3.63) is 46.0 Å². The van der Waals surface area contributed by atoms with Crippen molar-refractivity contribution in [3.8, 4) is 5.75 Å². The van der Waals surface area contributed by atoms with Gasteiger partial charge in [0.25, 0.3) is 0 Å². The number of hydrogen-bond acceptors (Lipinski definition) is 6. The van der Waals surface area contributed by atoms with E-state index in [9.17, 15) is 4.79 Å². The third-order valence-corrected chi connectivity index (χ3v) is 2.53. The van der Waals surface area contributed by atoms with E-state index in [1.807, 2.05) is 38.1 Å².